The van der Waals surface area contributed by atoms with E-state index >= 15 is 0 Å². The van der Waals surface area contributed by atoms with E-state index in [0.29, 0.717) is 32.8 Å². The molecule has 0 aromatic carbocycles. The molecule has 2 rings (SSSR count). The number of carbonyl (C=O) groups excluding carboxylic acids is 1. The summed E-state index contributed by atoms with van der Waals surface area (Å²) in [7, 11) is 0. The SMILES string of the molecule is CC(C)(CNC(=O)N1CCOCC1)N1CCOCC1. The molecular weight excluding hydrogens is 246 g/mol. The highest BCUT2D eigenvalue weighted by atomic mass is 16.5. The molecule has 0 saturated carbocycles. The lowest BCUT2D eigenvalue weighted by molar-refractivity contribution is -0.00952. The lowest BCUT2D eigenvalue weighted by Gasteiger charge is -2.41. The highest BCUT2D eigenvalue weighted by Crippen LogP contribution is 2.15. The molecule has 0 aromatic rings. The molecule has 0 aromatic heterocycles. The Labute approximate surface area is 115 Å². The summed E-state index contributed by atoms with van der Waals surface area (Å²) >= 11 is 0. The second-order valence-corrected chi connectivity index (χ2v) is 5.67. The zero-order valence-corrected chi connectivity index (χ0v) is 12.0. The molecule has 6 nitrogen and oxygen atoms in total. The predicted octanol–water partition coefficient (Wildman–Crippen LogP) is 0.139. The molecule has 0 bridgehead atoms. The summed E-state index contributed by atoms with van der Waals surface area (Å²) in [6, 6.07) is 0.0182. The largest absolute Gasteiger partial charge is 0.379 e. The van der Waals surface area contributed by atoms with E-state index in [4.69, 9.17) is 9.47 Å². The fraction of sp³-hybridized carbons (Fsp3) is 0.923. The molecule has 0 spiro atoms. The van der Waals surface area contributed by atoms with Crippen molar-refractivity contribution in [2.24, 2.45) is 0 Å². The van der Waals surface area contributed by atoms with E-state index < -0.39 is 0 Å². The van der Waals surface area contributed by atoms with Crippen molar-refractivity contribution in [3.63, 3.8) is 0 Å². The van der Waals surface area contributed by atoms with Crippen LogP contribution in [0.15, 0.2) is 0 Å². The van der Waals surface area contributed by atoms with Gasteiger partial charge in [0.1, 0.15) is 0 Å². The average Bonchev–Trinajstić information content (AvgIpc) is 2.47. The number of nitrogens with zero attached hydrogens (tertiary/aromatic N) is 2. The van der Waals surface area contributed by atoms with Crippen molar-refractivity contribution in [1.82, 2.24) is 15.1 Å². The van der Waals surface area contributed by atoms with Gasteiger partial charge in [0.2, 0.25) is 0 Å². The number of morpholine rings is 2. The van der Waals surface area contributed by atoms with Crippen LogP contribution in [0.25, 0.3) is 0 Å². The van der Waals surface area contributed by atoms with E-state index in [2.05, 4.69) is 24.1 Å². The van der Waals surface area contributed by atoms with Crippen LogP contribution in [0.1, 0.15) is 13.8 Å². The number of urea groups is 1. The van der Waals surface area contributed by atoms with E-state index in [1.165, 1.54) is 0 Å². The summed E-state index contributed by atoms with van der Waals surface area (Å²) in [6.45, 7) is 11.1. The smallest absolute Gasteiger partial charge is 0.317 e. The topological polar surface area (TPSA) is 54.0 Å². The molecule has 6 heteroatoms. The fourth-order valence-corrected chi connectivity index (χ4v) is 2.45. The van der Waals surface area contributed by atoms with Crippen molar-refractivity contribution < 1.29 is 14.3 Å². The minimum Gasteiger partial charge on any atom is -0.379 e. The molecule has 0 radical (unpaired) electrons. The second-order valence-electron chi connectivity index (χ2n) is 5.67. The predicted molar refractivity (Wildman–Crippen MR) is 72.3 cm³/mol. The number of rotatable bonds is 3. The van der Waals surface area contributed by atoms with Crippen LogP contribution >= 0.6 is 0 Å². The summed E-state index contributed by atoms with van der Waals surface area (Å²) in [5.74, 6) is 0. The maximum Gasteiger partial charge on any atom is 0.317 e. The van der Waals surface area contributed by atoms with Gasteiger partial charge >= 0.3 is 6.03 Å². The van der Waals surface area contributed by atoms with Crippen LogP contribution in [0.3, 0.4) is 0 Å². The Kier molecular flexibility index (Phi) is 5.01. The molecule has 1 N–H and O–H groups in total. The molecule has 2 aliphatic rings. The molecule has 0 unspecified atom stereocenters. The van der Waals surface area contributed by atoms with Gasteiger partial charge in [0, 0.05) is 38.3 Å². The average molecular weight is 271 g/mol. The van der Waals surface area contributed by atoms with Crippen molar-refractivity contribution >= 4 is 6.03 Å². The maximum atomic E-state index is 12.0. The third kappa shape index (κ3) is 4.06. The summed E-state index contributed by atoms with van der Waals surface area (Å²) in [5, 5.41) is 3.04. The minimum atomic E-state index is -0.0360. The van der Waals surface area contributed by atoms with E-state index in [-0.39, 0.29) is 11.6 Å². The molecule has 2 heterocycles. The quantitative estimate of drug-likeness (QED) is 0.793. The molecule has 110 valence electrons. The van der Waals surface area contributed by atoms with Crippen molar-refractivity contribution in [2.75, 3.05) is 59.2 Å². The van der Waals surface area contributed by atoms with Crippen LogP contribution in [0.2, 0.25) is 0 Å². The molecule has 2 amide bonds. The summed E-state index contributed by atoms with van der Waals surface area (Å²) in [4.78, 5) is 16.2. The zero-order chi connectivity index (χ0) is 13.7. The normalized spacial score (nSPS) is 22.3. The second kappa shape index (κ2) is 6.54. The third-order valence-corrected chi connectivity index (χ3v) is 3.84. The molecule has 19 heavy (non-hydrogen) atoms. The van der Waals surface area contributed by atoms with Gasteiger partial charge in [-0.3, -0.25) is 4.90 Å². The minimum absolute atomic E-state index is 0.0182. The van der Waals surface area contributed by atoms with Crippen LogP contribution in [0, 0.1) is 0 Å². The van der Waals surface area contributed by atoms with Crippen LogP contribution < -0.4 is 5.32 Å². The summed E-state index contributed by atoms with van der Waals surface area (Å²) in [5.41, 5.74) is -0.0360. The standard InChI is InChI=1S/C13H25N3O3/c1-13(2,16-5-9-19-10-6-16)11-14-12(17)15-3-7-18-8-4-15/h3-11H2,1-2H3,(H,14,17). The van der Waals surface area contributed by atoms with E-state index in [1.807, 2.05) is 4.90 Å². The number of hydrogen-bond donors (Lipinski definition) is 1. The molecule has 0 aliphatic carbocycles. The van der Waals surface area contributed by atoms with Gasteiger partial charge in [-0.15, -0.1) is 0 Å². The first-order chi connectivity index (χ1) is 9.09. The van der Waals surface area contributed by atoms with E-state index in [9.17, 15) is 4.79 Å². The number of nitrogens with one attached hydrogen (secondary N) is 1. The molecule has 0 atom stereocenters. The van der Waals surface area contributed by atoms with Gasteiger partial charge < -0.3 is 19.7 Å². The fourth-order valence-electron chi connectivity index (χ4n) is 2.45. The zero-order valence-electron chi connectivity index (χ0n) is 12.0. The van der Waals surface area contributed by atoms with Crippen LogP contribution in [0.5, 0.6) is 0 Å². The Morgan fingerprint density at radius 3 is 2.16 bits per heavy atom. The Balaban J connectivity index is 1.77. The number of carbonyl (C=O) groups is 1. The summed E-state index contributed by atoms with van der Waals surface area (Å²) in [6.07, 6.45) is 0. The van der Waals surface area contributed by atoms with Crippen LogP contribution in [-0.4, -0.2) is 80.5 Å². The lowest BCUT2D eigenvalue weighted by atomic mass is 10.0. The third-order valence-electron chi connectivity index (χ3n) is 3.84. The number of hydrogen-bond acceptors (Lipinski definition) is 4. The van der Waals surface area contributed by atoms with Crippen molar-refractivity contribution in [1.29, 1.82) is 0 Å². The van der Waals surface area contributed by atoms with Crippen molar-refractivity contribution in [3.8, 4) is 0 Å². The van der Waals surface area contributed by atoms with Gasteiger partial charge in [0.15, 0.2) is 0 Å². The lowest BCUT2D eigenvalue weighted by Crippen LogP contribution is -2.57. The highest BCUT2D eigenvalue weighted by Gasteiger charge is 2.29. The van der Waals surface area contributed by atoms with Gasteiger partial charge in [0.05, 0.1) is 26.4 Å². The molecule has 2 saturated heterocycles. The van der Waals surface area contributed by atoms with Gasteiger partial charge in [-0.05, 0) is 13.8 Å². The van der Waals surface area contributed by atoms with Crippen LogP contribution in [-0.2, 0) is 9.47 Å². The van der Waals surface area contributed by atoms with Crippen molar-refractivity contribution in [3.05, 3.63) is 0 Å². The summed E-state index contributed by atoms with van der Waals surface area (Å²) < 4.78 is 10.6. The first-order valence-corrected chi connectivity index (χ1v) is 7.03. The molecule has 2 fully saturated rings. The number of amides is 2. The Morgan fingerprint density at radius 2 is 1.58 bits per heavy atom. The molecular formula is C13H25N3O3. The first-order valence-electron chi connectivity index (χ1n) is 7.03. The van der Waals surface area contributed by atoms with Gasteiger partial charge in [-0.1, -0.05) is 0 Å². The molecule has 2 aliphatic heterocycles. The van der Waals surface area contributed by atoms with Gasteiger partial charge in [-0.2, -0.15) is 0 Å². The van der Waals surface area contributed by atoms with E-state index in [0.717, 1.165) is 26.3 Å². The van der Waals surface area contributed by atoms with Gasteiger partial charge in [0.25, 0.3) is 0 Å². The van der Waals surface area contributed by atoms with Crippen LogP contribution in [0.4, 0.5) is 4.79 Å². The first kappa shape index (κ1) is 14.6. The number of ether oxygens (including phenoxy) is 2. The van der Waals surface area contributed by atoms with Gasteiger partial charge in [-0.25, -0.2) is 4.79 Å². The highest BCUT2D eigenvalue weighted by molar-refractivity contribution is 5.74. The van der Waals surface area contributed by atoms with Crippen molar-refractivity contribution in [2.45, 2.75) is 19.4 Å². The monoisotopic (exact) mass is 271 g/mol. The van der Waals surface area contributed by atoms with E-state index in [1.54, 1.807) is 0 Å². The Bertz CT molecular complexity index is 298. The maximum absolute atomic E-state index is 12.0. The Morgan fingerprint density at radius 1 is 1.05 bits per heavy atom. The Hall–Kier alpha value is -0.850.